The summed E-state index contributed by atoms with van der Waals surface area (Å²) in [6.45, 7) is 0. The highest BCUT2D eigenvalue weighted by molar-refractivity contribution is 5.75. The molecule has 1 fully saturated rings. The van der Waals surface area contributed by atoms with Crippen molar-refractivity contribution in [3.05, 3.63) is 24.4 Å². The van der Waals surface area contributed by atoms with Crippen molar-refractivity contribution in [2.45, 2.75) is 44.9 Å². The number of rotatable bonds is 3. The maximum absolute atomic E-state index is 11.8. The molecule has 20 heavy (non-hydrogen) atoms. The van der Waals surface area contributed by atoms with Crippen LogP contribution in [0.1, 0.15) is 44.3 Å². The number of aromatic nitrogens is 4. The third kappa shape index (κ3) is 2.26. The Morgan fingerprint density at radius 2 is 2.00 bits per heavy atom. The van der Waals surface area contributed by atoms with Crippen LogP contribution in [0.25, 0.3) is 5.65 Å². The lowest BCUT2D eigenvalue weighted by Crippen LogP contribution is -2.33. The van der Waals surface area contributed by atoms with Gasteiger partial charge in [0.05, 0.1) is 11.6 Å². The van der Waals surface area contributed by atoms with Gasteiger partial charge < -0.3 is 5.11 Å². The van der Waals surface area contributed by atoms with E-state index < -0.39 is 11.4 Å². The predicted octanol–water partition coefficient (Wildman–Crippen LogP) is 2.09. The number of hydrogen-bond donors (Lipinski definition) is 1. The lowest BCUT2D eigenvalue weighted by Gasteiger charge is -2.27. The molecule has 2 aromatic rings. The first kappa shape index (κ1) is 13.0. The molecule has 6 nitrogen and oxygen atoms in total. The second-order valence-corrected chi connectivity index (χ2v) is 5.60. The van der Waals surface area contributed by atoms with Gasteiger partial charge in [-0.25, -0.2) is 0 Å². The van der Waals surface area contributed by atoms with E-state index in [1.165, 1.54) is 0 Å². The number of fused-ring (bicyclic) bond motifs is 1. The molecule has 1 aliphatic rings. The molecule has 0 amide bonds. The molecular formula is C14H18N4O2. The van der Waals surface area contributed by atoms with E-state index in [-0.39, 0.29) is 0 Å². The summed E-state index contributed by atoms with van der Waals surface area (Å²) in [5, 5.41) is 17.9. The number of hydrogen-bond acceptors (Lipinski definition) is 4. The zero-order chi connectivity index (χ0) is 14.0. The summed E-state index contributed by atoms with van der Waals surface area (Å²) in [5.74, 6) is 0.0110. The Morgan fingerprint density at radius 1 is 1.25 bits per heavy atom. The summed E-state index contributed by atoms with van der Waals surface area (Å²) in [4.78, 5) is 15.8. The Balaban J connectivity index is 1.95. The average Bonchev–Trinajstić information content (AvgIpc) is 2.69. The predicted molar refractivity (Wildman–Crippen MR) is 72.3 cm³/mol. The van der Waals surface area contributed by atoms with Gasteiger partial charge in [0.15, 0.2) is 5.65 Å². The summed E-state index contributed by atoms with van der Waals surface area (Å²) in [6, 6.07) is 0. The minimum absolute atomic E-state index is 0.438. The Hall–Kier alpha value is -1.98. The van der Waals surface area contributed by atoms with E-state index in [9.17, 15) is 9.90 Å². The SMILES string of the molecule is O=C(O)C1(Cc2nnc3cnccn23)CCCCCC1. The molecule has 106 valence electrons. The second kappa shape index (κ2) is 5.19. The van der Waals surface area contributed by atoms with E-state index >= 15 is 0 Å². The van der Waals surface area contributed by atoms with Crippen molar-refractivity contribution in [2.75, 3.05) is 0 Å². The molecule has 6 heteroatoms. The van der Waals surface area contributed by atoms with Gasteiger partial charge in [-0.2, -0.15) is 0 Å². The van der Waals surface area contributed by atoms with Crippen molar-refractivity contribution in [3.63, 3.8) is 0 Å². The zero-order valence-electron chi connectivity index (χ0n) is 11.3. The molecule has 2 aromatic heterocycles. The Bertz CT molecular complexity index is 614. The molecule has 1 aliphatic carbocycles. The van der Waals surface area contributed by atoms with Gasteiger partial charge in [-0.1, -0.05) is 25.7 Å². The van der Waals surface area contributed by atoms with Crippen LogP contribution in [0.2, 0.25) is 0 Å². The highest BCUT2D eigenvalue weighted by atomic mass is 16.4. The molecular weight excluding hydrogens is 256 g/mol. The van der Waals surface area contributed by atoms with Crippen LogP contribution in [-0.2, 0) is 11.2 Å². The first-order chi connectivity index (χ1) is 9.71. The van der Waals surface area contributed by atoms with E-state index in [1.54, 1.807) is 18.6 Å². The monoisotopic (exact) mass is 274 g/mol. The van der Waals surface area contributed by atoms with Crippen molar-refractivity contribution in [2.24, 2.45) is 5.41 Å². The van der Waals surface area contributed by atoms with Gasteiger partial charge in [0, 0.05) is 18.8 Å². The number of aliphatic carboxylic acids is 1. The Labute approximate surface area is 116 Å². The van der Waals surface area contributed by atoms with Crippen molar-refractivity contribution in [1.82, 2.24) is 19.6 Å². The van der Waals surface area contributed by atoms with Crippen LogP contribution in [-0.4, -0.2) is 30.7 Å². The van der Waals surface area contributed by atoms with Crippen LogP contribution < -0.4 is 0 Å². The lowest BCUT2D eigenvalue weighted by molar-refractivity contribution is -0.150. The summed E-state index contributed by atoms with van der Waals surface area (Å²) >= 11 is 0. The maximum atomic E-state index is 11.8. The molecule has 3 rings (SSSR count). The van der Waals surface area contributed by atoms with Crippen LogP contribution in [0.4, 0.5) is 0 Å². The maximum Gasteiger partial charge on any atom is 0.310 e. The summed E-state index contributed by atoms with van der Waals surface area (Å²) in [6.07, 6.45) is 11.2. The van der Waals surface area contributed by atoms with Gasteiger partial charge in [0.2, 0.25) is 0 Å². The zero-order valence-corrected chi connectivity index (χ0v) is 11.3. The van der Waals surface area contributed by atoms with E-state index in [0.29, 0.717) is 17.9 Å². The van der Waals surface area contributed by atoms with Crippen molar-refractivity contribution >= 4 is 11.6 Å². The standard InChI is InChI=1S/C14H18N4O2/c19-13(20)14(5-3-1-2-4-6-14)9-11-16-17-12-10-15-7-8-18(11)12/h7-8,10H,1-6,9H2,(H,19,20). The Kier molecular flexibility index (Phi) is 3.38. The Morgan fingerprint density at radius 3 is 2.70 bits per heavy atom. The molecule has 2 heterocycles. The van der Waals surface area contributed by atoms with Gasteiger partial charge in [-0.3, -0.25) is 14.2 Å². The number of carbonyl (C=O) groups is 1. The third-order valence-corrected chi connectivity index (χ3v) is 4.30. The summed E-state index contributed by atoms with van der Waals surface area (Å²) in [7, 11) is 0. The van der Waals surface area contributed by atoms with E-state index in [0.717, 1.165) is 38.5 Å². The minimum atomic E-state index is -0.704. The van der Waals surface area contributed by atoms with Gasteiger partial charge in [-0.15, -0.1) is 10.2 Å². The number of nitrogens with zero attached hydrogens (tertiary/aromatic N) is 4. The highest BCUT2D eigenvalue weighted by Gasteiger charge is 2.40. The molecule has 0 saturated heterocycles. The lowest BCUT2D eigenvalue weighted by atomic mass is 9.77. The highest BCUT2D eigenvalue weighted by Crippen LogP contribution is 2.38. The van der Waals surface area contributed by atoms with E-state index in [4.69, 9.17) is 0 Å². The van der Waals surface area contributed by atoms with E-state index in [2.05, 4.69) is 15.2 Å². The fraction of sp³-hybridized carbons (Fsp3) is 0.571. The normalized spacial score (nSPS) is 18.8. The fourth-order valence-electron chi connectivity index (χ4n) is 3.10. The van der Waals surface area contributed by atoms with Gasteiger partial charge in [-0.05, 0) is 12.8 Å². The molecule has 0 bridgehead atoms. The first-order valence-corrected chi connectivity index (χ1v) is 7.08. The van der Waals surface area contributed by atoms with Gasteiger partial charge in [0.25, 0.3) is 0 Å². The topological polar surface area (TPSA) is 80.4 Å². The van der Waals surface area contributed by atoms with Gasteiger partial charge >= 0.3 is 5.97 Å². The third-order valence-electron chi connectivity index (χ3n) is 4.30. The van der Waals surface area contributed by atoms with Crippen LogP contribution in [0.15, 0.2) is 18.6 Å². The smallest absolute Gasteiger partial charge is 0.310 e. The molecule has 1 N–H and O–H groups in total. The van der Waals surface area contributed by atoms with Crippen LogP contribution >= 0.6 is 0 Å². The number of carboxylic acids is 1. The largest absolute Gasteiger partial charge is 0.481 e. The first-order valence-electron chi connectivity index (χ1n) is 7.08. The average molecular weight is 274 g/mol. The van der Waals surface area contributed by atoms with Crippen molar-refractivity contribution < 1.29 is 9.90 Å². The molecule has 0 atom stereocenters. The number of carboxylic acid groups (broad SMARTS) is 1. The van der Waals surface area contributed by atoms with Crippen molar-refractivity contribution in [3.8, 4) is 0 Å². The molecule has 0 aromatic carbocycles. The molecule has 1 saturated carbocycles. The summed E-state index contributed by atoms with van der Waals surface area (Å²) in [5.41, 5.74) is -0.0282. The van der Waals surface area contributed by atoms with Crippen LogP contribution in [0.5, 0.6) is 0 Å². The van der Waals surface area contributed by atoms with Gasteiger partial charge in [0.1, 0.15) is 5.82 Å². The van der Waals surface area contributed by atoms with Crippen LogP contribution in [0.3, 0.4) is 0 Å². The minimum Gasteiger partial charge on any atom is -0.481 e. The van der Waals surface area contributed by atoms with Crippen LogP contribution in [0, 0.1) is 5.41 Å². The fourth-order valence-corrected chi connectivity index (χ4v) is 3.10. The van der Waals surface area contributed by atoms with E-state index in [1.807, 2.05) is 4.40 Å². The quantitative estimate of drug-likeness (QED) is 0.867. The second-order valence-electron chi connectivity index (χ2n) is 5.60. The van der Waals surface area contributed by atoms with Crippen molar-refractivity contribution in [1.29, 1.82) is 0 Å². The molecule has 0 spiro atoms. The molecule has 0 aliphatic heterocycles. The summed E-state index contributed by atoms with van der Waals surface area (Å²) < 4.78 is 1.84. The molecule has 0 radical (unpaired) electrons. The molecule has 0 unspecified atom stereocenters.